The van der Waals surface area contributed by atoms with E-state index in [9.17, 15) is 8.78 Å². The molecule has 0 bridgehead atoms. The van der Waals surface area contributed by atoms with Gasteiger partial charge in [0.05, 0.1) is 6.04 Å². The lowest BCUT2D eigenvalue weighted by molar-refractivity contribution is -0.0505. The normalized spacial score (nSPS) is 12.5. The second-order valence-corrected chi connectivity index (χ2v) is 4.90. The maximum absolute atomic E-state index is 12.4. The molecule has 6 heteroatoms. The Bertz CT molecular complexity index is 607. The van der Waals surface area contributed by atoms with E-state index in [2.05, 4.69) is 4.74 Å². The van der Waals surface area contributed by atoms with E-state index in [1.165, 1.54) is 6.07 Å². The minimum Gasteiger partial charge on any atom is -0.434 e. The van der Waals surface area contributed by atoms with E-state index in [0.717, 1.165) is 0 Å². The van der Waals surface area contributed by atoms with Crippen LogP contribution in [0.2, 0.25) is 10.0 Å². The van der Waals surface area contributed by atoms with Crippen molar-refractivity contribution in [2.75, 3.05) is 0 Å². The van der Waals surface area contributed by atoms with Crippen LogP contribution < -0.4 is 10.5 Å². The first-order valence-electron chi connectivity index (χ1n) is 5.73. The third-order valence-corrected chi connectivity index (χ3v) is 3.33. The Balaban J connectivity index is 2.40. The van der Waals surface area contributed by atoms with Gasteiger partial charge >= 0.3 is 6.61 Å². The van der Waals surface area contributed by atoms with Crippen LogP contribution >= 0.6 is 23.2 Å². The van der Waals surface area contributed by atoms with Crippen molar-refractivity contribution < 1.29 is 13.5 Å². The average Bonchev–Trinajstić information content (AvgIpc) is 2.38. The number of benzene rings is 2. The largest absolute Gasteiger partial charge is 0.434 e. The molecule has 0 saturated carbocycles. The van der Waals surface area contributed by atoms with Crippen molar-refractivity contribution in [2.24, 2.45) is 5.73 Å². The lowest BCUT2D eigenvalue weighted by Gasteiger charge is -2.18. The molecule has 0 spiro atoms. The van der Waals surface area contributed by atoms with Crippen LogP contribution in [0.25, 0.3) is 0 Å². The van der Waals surface area contributed by atoms with E-state index in [0.29, 0.717) is 21.2 Å². The van der Waals surface area contributed by atoms with E-state index in [1.54, 1.807) is 36.4 Å². The molecule has 0 amide bonds. The molecule has 2 N–H and O–H groups in total. The van der Waals surface area contributed by atoms with E-state index >= 15 is 0 Å². The molecule has 1 atom stereocenters. The molecule has 20 heavy (non-hydrogen) atoms. The van der Waals surface area contributed by atoms with Crippen LogP contribution in [0.5, 0.6) is 5.75 Å². The monoisotopic (exact) mass is 317 g/mol. The molecular weight excluding hydrogens is 307 g/mol. The summed E-state index contributed by atoms with van der Waals surface area (Å²) in [6.07, 6.45) is 0. The molecule has 0 aliphatic rings. The minimum atomic E-state index is -2.91. The van der Waals surface area contributed by atoms with Gasteiger partial charge in [0, 0.05) is 15.6 Å². The highest BCUT2D eigenvalue weighted by atomic mass is 35.5. The number of halogens is 4. The molecule has 0 fully saturated rings. The predicted molar refractivity (Wildman–Crippen MR) is 75.6 cm³/mol. The second-order valence-electron chi connectivity index (χ2n) is 4.06. The standard InChI is InChI=1S/C14H11Cl2F2NO/c15-8-5-6-9(11(16)7-8)13(19)10-3-1-2-4-12(10)20-14(17)18/h1-7,13-14H,19H2. The fourth-order valence-electron chi connectivity index (χ4n) is 1.86. The lowest BCUT2D eigenvalue weighted by Crippen LogP contribution is -2.15. The lowest BCUT2D eigenvalue weighted by atomic mass is 9.99. The number of hydrogen-bond donors (Lipinski definition) is 1. The van der Waals surface area contributed by atoms with Gasteiger partial charge in [-0.2, -0.15) is 8.78 Å². The molecule has 0 saturated heterocycles. The SMILES string of the molecule is NC(c1ccc(Cl)cc1Cl)c1ccccc1OC(F)F. The molecule has 106 valence electrons. The Kier molecular flexibility index (Phi) is 4.81. The van der Waals surface area contributed by atoms with Gasteiger partial charge in [-0.05, 0) is 23.8 Å². The maximum atomic E-state index is 12.4. The van der Waals surface area contributed by atoms with Crippen molar-refractivity contribution in [3.63, 3.8) is 0 Å². The topological polar surface area (TPSA) is 35.2 Å². The van der Waals surface area contributed by atoms with E-state index in [4.69, 9.17) is 28.9 Å². The van der Waals surface area contributed by atoms with E-state index in [1.807, 2.05) is 0 Å². The highest BCUT2D eigenvalue weighted by molar-refractivity contribution is 6.35. The first-order chi connectivity index (χ1) is 9.49. The van der Waals surface area contributed by atoms with Gasteiger partial charge in [-0.15, -0.1) is 0 Å². The summed E-state index contributed by atoms with van der Waals surface area (Å²) in [5.74, 6) is 0.0287. The van der Waals surface area contributed by atoms with Crippen LogP contribution in [0, 0.1) is 0 Å². The molecule has 0 aliphatic heterocycles. The molecule has 0 heterocycles. The summed E-state index contributed by atoms with van der Waals surface area (Å²) in [5, 5.41) is 0.847. The van der Waals surface area contributed by atoms with Gasteiger partial charge in [0.2, 0.25) is 0 Å². The molecule has 2 rings (SSSR count). The van der Waals surface area contributed by atoms with Crippen molar-refractivity contribution in [3.8, 4) is 5.75 Å². The van der Waals surface area contributed by atoms with Crippen LogP contribution in [-0.2, 0) is 0 Å². The summed E-state index contributed by atoms with van der Waals surface area (Å²) in [7, 11) is 0. The van der Waals surface area contributed by atoms with Crippen molar-refractivity contribution in [3.05, 3.63) is 63.6 Å². The highest BCUT2D eigenvalue weighted by Gasteiger charge is 2.18. The summed E-state index contributed by atoms with van der Waals surface area (Å²) in [6.45, 7) is -2.91. The van der Waals surface area contributed by atoms with E-state index < -0.39 is 12.7 Å². The van der Waals surface area contributed by atoms with Gasteiger partial charge < -0.3 is 10.5 Å². The number of hydrogen-bond acceptors (Lipinski definition) is 2. The van der Waals surface area contributed by atoms with Gasteiger partial charge in [0.15, 0.2) is 0 Å². The Labute approximate surface area is 125 Å². The zero-order chi connectivity index (χ0) is 14.7. The number of alkyl halides is 2. The Hall–Kier alpha value is -1.36. The second kappa shape index (κ2) is 6.39. The van der Waals surface area contributed by atoms with Gasteiger partial charge in [-0.25, -0.2) is 0 Å². The molecule has 0 aliphatic carbocycles. The molecule has 2 aromatic rings. The molecular formula is C14H11Cl2F2NO. The number of rotatable bonds is 4. The van der Waals surface area contributed by atoms with Crippen LogP contribution in [-0.4, -0.2) is 6.61 Å². The van der Waals surface area contributed by atoms with Gasteiger partial charge in [0.25, 0.3) is 0 Å². The molecule has 0 radical (unpaired) electrons. The van der Waals surface area contributed by atoms with Crippen LogP contribution in [0.15, 0.2) is 42.5 Å². The first kappa shape index (κ1) is 15.0. The maximum Gasteiger partial charge on any atom is 0.387 e. The molecule has 2 nitrogen and oxygen atoms in total. The summed E-state index contributed by atoms with van der Waals surface area (Å²) >= 11 is 11.9. The van der Waals surface area contributed by atoms with Gasteiger partial charge in [-0.1, -0.05) is 47.5 Å². The van der Waals surface area contributed by atoms with Crippen molar-refractivity contribution in [2.45, 2.75) is 12.7 Å². The van der Waals surface area contributed by atoms with Crippen LogP contribution in [0.4, 0.5) is 8.78 Å². The average molecular weight is 318 g/mol. The fourth-order valence-corrected chi connectivity index (χ4v) is 2.39. The van der Waals surface area contributed by atoms with Crippen LogP contribution in [0.1, 0.15) is 17.2 Å². The predicted octanol–water partition coefficient (Wildman–Crippen LogP) is 4.64. The third kappa shape index (κ3) is 3.39. The zero-order valence-corrected chi connectivity index (χ0v) is 11.7. The smallest absolute Gasteiger partial charge is 0.387 e. The van der Waals surface area contributed by atoms with Gasteiger partial charge in [0.1, 0.15) is 5.75 Å². The molecule has 1 unspecified atom stereocenters. The number of ether oxygens (including phenoxy) is 1. The quantitative estimate of drug-likeness (QED) is 0.891. The van der Waals surface area contributed by atoms with Gasteiger partial charge in [-0.3, -0.25) is 0 Å². The Morgan fingerprint density at radius 1 is 1.00 bits per heavy atom. The van der Waals surface area contributed by atoms with Crippen LogP contribution in [0.3, 0.4) is 0 Å². The Morgan fingerprint density at radius 3 is 2.35 bits per heavy atom. The van der Waals surface area contributed by atoms with E-state index in [-0.39, 0.29) is 5.75 Å². The molecule has 2 aromatic carbocycles. The minimum absolute atomic E-state index is 0.0287. The summed E-state index contributed by atoms with van der Waals surface area (Å²) in [4.78, 5) is 0. The Morgan fingerprint density at radius 2 is 1.70 bits per heavy atom. The van der Waals surface area contributed by atoms with Crippen molar-refractivity contribution in [1.29, 1.82) is 0 Å². The summed E-state index contributed by atoms with van der Waals surface area (Å²) in [5.41, 5.74) is 7.10. The first-order valence-corrected chi connectivity index (χ1v) is 6.49. The van der Waals surface area contributed by atoms with Crippen molar-refractivity contribution in [1.82, 2.24) is 0 Å². The zero-order valence-electron chi connectivity index (χ0n) is 10.2. The fraction of sp³-hybridized carbons (Fsp3) is 0.143. The molecule has 0 aromatic heterocycles. The number of para-hydroxylation sites is 1. The third-order valence-electron chi connectivity index (χ3n) is 2.77. The number of nitrogens with two attached hydrogens (primary N) is 1. The van der Waals surface area contributed by atoms with Crippen molar-refractivity contribution >= 4 is 23.2 Å². The summed E-state index contributed by atoms with van der Waals surface area (Å²) < 4.78 is 29.3. The summed E-state index contributed by atoms with van der Waals surface area (Å²) in [6, 6.07) is 10.5. The highest BCUT2D eigenvalue weighted by Crippen LogP contribution is 2.33.